The number of nitrogens with one attached hydrogen (secondary N) is 1. The zero-order valence-electron chi connectivity index (χ0n) is 8.79. The van der Waals surface area contributed by atoms with Crippen LogP contribution >= 0.6 is 0 Å². The van der Waals surface area contributed by atoms with E-state index >= 15 is 0 Å². The summed E-state index contributed by atoms with van der Waals surface area (Å²) in [5.74, 6) is 0.448. The van der Waals surface area contributed by atoms with E-state index in [1.807, 2.05) is 0 Å². The Kier molecular flexibility index (Phi) is 4.90. The Hall–Kier alpha value is -0.610. The molecule has 0 radical (unpaired) electrons. The summed E-state index contributed by atoms with van der Waals surface area (Å²) < 4.78 is 0. The highest BCUT2D eigenvalue weighted by Gasteiger charge is 2.19. The van der Waals surface area contributed by atoms with Crippen molar-refractivity contribution in [1.82, 2.24) is 5.48 Å². The van der Waals surface area contributed by atoms with E-state index in [4.69, 9.17) is 10.6 Å². The van der Waals surface area contributed by atoms with E-state index < -0.39 is 5.91 Å². The summed E-state index contributed by atoms with van der Waals surface area (Å²) in [6.07, 6.45) is 6.06. The SMILES string of the molecule is CCC1CCC(NOCC(N)=O)CC1. The van der Waals surface area contributed by atoms with Crippen LogP contribution in [0.2, 0.25) is 0 Å². The molecule has 1 amide bonds. The third-order valence-electron chi connectivity index (χ3n) is 2.89. The molecule has 3 N–H and O–H groups in total. The fourth-order valence-electron chi connectivity index (χ4n) is 1.92. The van der Waals surface area contributed by atoms with Crippen LogP contribution in [0, 0.1) is 5.92 Å². The summed E-state index contributed by atoms with van der Waals surface area (Å²) >= 11 is 0. The molecule has 82 valence electrons. The maximum absolute atomic E-state index is 10.4. The molecule has 4 heteroatoms. The van der Waals surface area contributed by atoms with Gasteiger partial charge in [0.05, 0.1) is 0 Å². The second-order valence-electron chi connectivity index (χ2n) is 4.00. The number of primary amides is 1. The minimum Gasteiger partial charge on any atom is -0.368 e. The van der Waals surface area contributed by atoms with Gasteiger partial charge in [-0.25, -0.2) is 0 Å². The predicted molar refractivity (Wildman–Crippen MR) is 54.3 cm³/mol. The van der Waals surface area contributed by atoms with E-state index in [9.17, 15) is 4.79 Å². The van der Waals surface area contributed by atoms with Gasteiger partial charge in [0, 0.05) is 6.04 Å². The molecule has 1 fully saturated rings. The second kappa shape index (κ2) is 5.98. The van der Waals surface area contributed by atoms with Crippen molar-refractivity contribution < 1.29 is 9.63 Å². The van der Waals surface area contributed by atoms with Gasteiger partial charge in [-0.05, 0) is 31.6 Å². The molecule has 0 aromatic carbocycles. The van der Waals surface area contributed by atoms with Gasteiger partial charge in [0.15, 0.2) is 0 Å². The number of hydrogen-bond donors (Lipinski definition) is 2. The van der Waals surface area contributed by atoms with Crippen molar-refractivity contribution in [2.24, 2.45) is 11.7 Å². The van der Waals surface area contributed by atoms with Crippen LogP contribution in [0.25, 0.3) is 0 Å². The fourth-order valence-corrected chi connectivity index (χ4v) is 1.92. The van der Waals surface area contributed by atoms with E-state index in [1.165, 1.54) is 19.3 Å². The topological polar surface area (TPSA) is 64.3 Å². The molecule has 1 aliphatic carbocycles. The van der Waals surface area contributed by atoms with Crippen LogP contribution in [0.15, 0.2) is 0 Å². The average Bonchev–Trinajstić information content (AvgIpc) is 2.18. The smallest absolute Gasteiger partial charge is 0.245 e. The Bertz CT molecular complexity index is 177. The molecule has 4 nitrogen and oxygen atoms in total. The molecule has 0 unspecified atom stereocenters. The normalized spacial score (nSPS) is 27.5. The maximum atomic E-state index is 10.4. The molecule has 0 aliphatic heterocycles. The molecule has 0 heterocycles. The van der Waals surface area contributed by atoms with Gasteiger partial charge in [-0.2, -0.15) is 5.48 Å². The Morgan fingerprint density at radius 2 is 2.07 bits per heavy atom. The van der Waals surface area contributed by atoms with Gasteiger partial charge in [-0.1, -0.05) is 13.3 Å². The number of nitrogens with two attached hydrogens (primary N) is 1. The molecule has 1 aliphatic rings. The molecule has 14 heavy (non-hydrogen) atoms. The molecule has 0 bridgehead atoms. The lowest BCUT2D eigenvalue weighted by Crippen LogP contribution is -2.35. The van der Waals surface area contributed by atoms with E-state index in [2.05, 4.69) is 12.4 Å². The van der Waals surface area contributed by atoms with E-state index in [-0.39, 0.29) is 6.61 Å². The summed E-state index contributed by atoms with van der Waals surface area (Å²) in [5, 5.41) is 0. The van der Waals surface area contributed by atoms with Gasteiger partial charge >= 0.3 is 0 Å². The Morgan fingerprint density at radius 1 is 1.43 bits per heavy atom. The summed E-state index contributed by atoms with van der Waals surface area (Å²) in [6, 6.07) is 0.400. The highest BCUT2D eigenvalue weighted by Crippen LogP contribution is 2.26. The number of rotatable bonds is 5. The number of hydrogen-bond acceptors (Lipinski definition) is 3. The summed E-state index contributed by atoms with van der Waals surface area (Å²) in [6.45, 7) is 2.20. The van der Waals surface area contributed by atoms with Crippen molar-refractivity contribution in [3.63, 3.8) is 0 Å². The molecular weight excluding hydrogens is 180 g/mol. The summed E-state index contributed by atoms with van der Waals surface area (Å²) in [7, 11) is 0. The van der Waals surface area contributed by atoms with Crippen LogP contribution in [0.4, 0.5) is 0 Å². The lowest BCUT2D eigenvalue weighted by molar-refractivity contribution is -0.126. The highest BCUT2D eigenvalue weighted by molar-refractivity contribution is 5.74. The van der Waals surface area contributed by atoms with Crippen LogP contribution in [0.1, 0.15) is 39.0 Å². The third kappa shape index (κ3) is 4.07. The van der Waals surface area contributed by atoms with Crippen LogP contribution < -0.4 is 11.2 Å². The third-order valence-corrected chi connectivity index (χ3v) is 2.89. The largest absolute Gasteiger partial charge is 0.368 e. The maximum Gasteiger partial charge on any atom is 0.245 e. The van der Waals surface area contributed by atoms with Crippen molar-refractivity contribution in [2.45, 2.75) is 45.1 Å². The lowest BCUT2D eigenvalue weighted by Gasteiger charge is -2.27. The minimum absolute atomic E-state index is 0.0340. The van der Waals surface area contributed by atoms with Crippen LogP contribution in [-0.4, -0.2) is 18.6 Å². The van der Waals surface area contributed by atoms with E-state index in [0.717, 1.165) is 18.8 Å². The van der Waals surface area contributed by atoms with Crippen molar-refractivity contribution in [3.05, 3.63) is 0 Å². The monoisotopic (exact) mass is 200 g/mol. The lowest BCUT2D eigenvalue weighted by atomic mass is 9.85. The number of amides is 1. The first-order valence-electron chi connectivity index (χ1n) is 5.38. The molecule has 1 saturated carbocycles. The first kappa shape index (κ1) is 11.5. The number of hydroxylamine groups is 1. The standard InChI is InChI=1S/C10H20N2O2/c1-2-8-3-5-9(6-4-8)12-14-7-10(11)13/h8-9,12H,2-7H2,1H3,(H2,11,13). The number of carbonyl (C=O) groups is 1. The van der Waals surface area contributed by atoms with Gasteiger partial charge in [-0.15, -0.1) is 0 Å². The van der Waals surface area contributed by atoms with Crippen LogP contribution in [0.3, 0.4) is 0 Å². The highest BCUT2D eigenvalue weighted by atomic mass is 16.6. The van der Waals surface area contributed by atoms with Crippen molar-refractivity contribution in [1.29, 1.82) is 0 Å². The molecular formula is C10H20N2O2. The molecule has 0 atom stereocenters. The molecule has 1 rings (SSSR count). The van der Waals surface area contributed by atoms with Crippen LogP contribution in [0.5, 0.6) is 0 Å². The Balaban J connectivity index is 2.07. The zero-order chi connectivity index (χ0) is 10.4. The van der Waals surface area contributed by atoms with Gasteiger partial charge in [-0.3, -0.25) is 9.63 Å². The van der Waals surface area contributed by atoms with E-state index in [0.29, 0.717) is 6.04 Å². The van der Waals surface area contributed by atoms with E-state index in [1.54, 1.807) is 0 Å². The van der Waals surface area contributed by atoms with Crippen molar-refractivity contribution in [3.8, 4) is 0 Å². The van der Waals surface area contributed by atoms with Gasteiger partial charge in [0.2, 0.25) is 5.91 Å². The molecule has 0 spiro atoms. The van der Waals surface area contributed by atoms with Gasteiger partial charge in [0.25, 0.3) is 0 Å². The number of carbonyl (C=O) groups excluding carboxylic acids is 1. The quantitative estimate of drug-likeness (QED) is 0.650. The second-order valence-corrected chi connectivity index (χ2v) is 4.00. The molecule has 0 aromatic heterocycles. The molecule has 0 aromatic rings. The zero-order valence-corrected chi connectivity index (χ0v) is 8.79. The summed E-state index contributed by atoms with van der Waals surface area (Å²) in [4.78, 5) is 15.4. The van der Waals surface area contributed by atoms with Gasteiger partial charge < -0.3 is 5.73 Å². The van der Waals surface area contributed by atoms with Crippen LogP contribution in [-0.2, 0) is 9.63 Å². The van der Waals surface area contributed by atoms with Gasteiger partial charge in [0.1, 0.15) is 6.61 Å². The first-order valence-corrected chi connectivity index (χ1v) is 5.38. The van der Waals surface area contributed by atoms with Crippen molar-refractivity contribution >= 4 is 5.91 Å². The van der Waals surface area contributed by atoms with Crippen molar-refractivity contribution in [2.75, 3.05) is 6.61 Å². The first-order chi connectivity index (χ1) is 6.72. The Morgan fingerprint density at radius 3 is 2.57 bits per heavy atom. The molecule has 0 saturated heterocycles. The Labute approximate surface area is 85.1 Å². The average molecular weight is 200 g/mol. The summed E-state index contributed by atoms with van der Waals surface area (Å²) in [5.41, 5.74) is 7.84. The fraction of sp³-hybridized carbons (Fsp3) is 0.900. The minimum atomic E-state index is -0.431. The predicted octanol–water partition coefficient (Wildman–Crippen LogP) is 0.962.